The van der Waals surface area contributed by atoms with Crippen molar-refractivity contribution in [2.75, 3.05) is 19.1 Å². The summed E-state index contributed by atoms with van der Waals surface area (Å²) in [5.74, 6) is 0.349. The van der Waals surface area contributed by atoms with Crippen LogP contribution in [0.5, 0.6) is 5.75 Å². The molecular weight excluding hydrogens is 254 g/mol. The van der Waals surface area contributed by atoms with E-state index in [9.17, 15) is 9.90 Å². The van der Waals surface area contributed by atoms with Crippen molar-refractivity contribution in [3.8, 4) is 5.75 Å². The van der Waals surface area contributed by atoms with E-state index < -0.39 is 0 Å². The zero-order chi connectivity index (χ0) is 13.0. The number of phenols is 1. The van der Waals surface area contributed by atoms with Crippen molar-refractivity contribution in [1.29, 1.82) is 0 Å². The predicted molar refractivity (Wildman–Crippen MR) is 69.1 cm³/mol. The largest absolute Gasteiger partial charge is 0.508 e. The van der Waals surface area contributed by atoms with Crippen LogP contribution in [-0.4, -0.2) is 35.6 Å². The summed E-state index contributed by atoms with van der Waals surface area (Å²) in [7, 11) is 0. The van der Waals surface area contributed by atoms with Crippen molar-refractivity contribution in [1.82, 2.24) is 5.32 Å². The van der Waals surface area contributed by atoms with E-state index in [1.807, 2.05) is 0 Å². The monoisotopic (exact) mass is 269 g/mol. The van der Waals surface area contributed by atoms with E-state index in [-0.39, 0.29) is 17.2 Å². The highest BCUT2D eigenvalue weighted by atomic mass is 35.5. The normalized spacial score (nSPS) is 18.3. The summed E-state index contributed by atoms with van der Waals surface area (Å²) in [6.07, 6.45) is 1.45. The second-order valence-corrected chi connectivity index (χ2v) is 4.79. The van der Waals surface area contributed by atoms with Crippen LogP contribution >= 0.6 is 11.6 Å². The van der Waals surface area contributed by atoms with Crippen LogP contribution in [0.15, 0.2) is 24.3 Å². The van der Waals surface area contributed by atoms with Crippen LogP contribution in [-0.2, 0) is 4.74 Å². The lowest BCUT2D eigenvalue weighted by atomic mass is 9.92. The molecule has 0 bridgehead atoms. The highest BCUT2D eigenvalue weighted by Crippen LogP contribution is 2.23. The first-order chi connectivity index (χ1) is 8.65. The van der Waals surface area contributed by atoms with Gasteiger partial charge in [-0.1, -0.05) is 0 Å². The second-order valence-electron chi connectivity index (χ2n) is 4.53. The number of benzene rings is 1. The van der Waals surface area contributed by atoms with E-state index in [2.05, 4.69) is 5.32 Å². The summed E-state index contributed by atoms with van der Waals surface area (Å²) >= 11 is 5.98. The van der Waals surface area contributed by atoms with Crippen molar-refractivity contribution in [3.63, 3.8) is 0 Å². The number of ether oxygens (including phenoxy) is 1. The van der Waals surface area contributed by atoms with Gasteiger partial charge in [-0.2, -0.15) is 0 Å². The molecule has 1 aromatic rings. The first kappa shape index (κ1) is 13.2. The van der Waals surface area contributed by atoms with Gasteiger partial charge in [0.25, 0.3) is 5.91 Å². The number of aromatic hydroxyl groups is 1. The lowest BCUT2D eigenvalue weighted by molar-refractivity contribution is 0.0434. The molecule has 4 nitrogen and oxygen atoms in total. The van der Waals surface area contributed by atoms with E-state index in [1.54, 1.807) is 12.1 Å². The Morgan fingerprint density at radius 2 is 1.94 bits per heavy atom. The molecule has 2 rings (SSSR count). The summed E-state index contributed by atoms with van der Waals surface area (Å²) < 4.78 is 5.29. The number of nitrogens with one attached hydrogen (secondary N) is 1. The Morgan fingerprint density at radius 3 is 2.50 bits per heavy atom. The summed E-state index contributed by atoms with van der Waals surface area (Å²) in [6, 6.07) is 6.16. The molecule has 0 saturated carbocycles. The van der Waals surface area contributed by atoms with Gasteiger partial charge in [-0.25, -0.2) is 0 Å². The van der Waals surface area contributed by atoms with Gasteiger partial charge in [-0.3, -0.25) is 4.79 Å². The molecule has 0 spiro atoms. The average Bonchev–Trinajstić information content (AvgIpc) is 2.40. The fourth-order valence-corrected chi connectivity index (χ4v) is 2.31. The van der Waals surface area contributed by atoms with E-state index in [4.69, 9.17) is 16.3 Å². The maximum Gasteiger partial charge on any atom is 0.251 e. The number of halogens is 1. The third-order valence-corrected chi connectivity index (χ3v) is 3.73. The molecule has 1 amide bonds. The molecule has 0 aliphatic carbocycles. The van der Waals surface area contributed by atoms with Crippen LogP contribution in [0.25, 0.3) is 0 Å². The summed E-state index contributed by atoms with van der Waals surface area (Å²) in [5.41, 5.74) is 0.137. The number of rotatable bonds is 3. The molecule has 1 aliphatic heterocycles. The van der Waals surface area contributed by atoms with Gasteiger partial charge in [0, 0.05) is 24.7 Å². The third-order valence-electron chi connectivity index (χ3n) is 3.21. The summed E-state index contributed by atoms with van der Waals surface area (Å²) in [6.45, 7) is 1.23. The first-order valence-corrected chi connectivity index (χ1v) is 6.44. The molecule has 1 fully saturated rings. The lowest BCUT2D eigenvalue weighted by Gasteiger charge is -2.36. The van der Waals surface area contributed by atoms with Crippen molar-refractivity contribution < 1.29 is 14.6 Å². The molecule has 1 aromatic carbocycles. The summed E-state index contributed by atoms with van der Waals surface area (Å²) in [4.78, 5) is 12.1. The Kier molecular flexibility index (Phi) is 4.09. The maximum absolute atomic E-state index is 12.1. The minimum absolute atomic E-state index is 0.143. The zero-order valence-corrected chi connectivity index (χ0v) is 10.7. The van der Waals surface area contributed by atoms with Crippen LogP contribution in [0.3, 0.4) is 0 Å². The number of carbonyl (C=O) groups is 1. The van der Waals surface area contributed by atoms with Crippen LogP contribution in [0, 0.1) is 0 Å². The van der Waals surface area contributed by atoms with E-state index in [1.165, 1.54) is 12.1 Å². The molecule has 0 radical (unpaired) electrons. The smallest absolute Gasteiger partial charge is 0.251 e. The Morgan fingerprint density at radius 1 is 1.33 bits per heavy atom. The molecule has 5 heteroatoms. The number of amides is 1. The minimum atomic E-state index is -0.380. The van der Waals surface area contributed by atoms with E-state index in [0.717, 1.165) is 12.8 Å². The van der Waals surface area contributed by atoms with Gasteiger partial charge in [-0.05, 0) is 37.1 Å². The first-order valence-electron chi connectivity index (χ1n) is 5.90. The SMILES string of the molecule is O=C(NC1(CCl)CCOCC1)c1ccc(O)cc1. The molecule has 0 aromatic heterocycles. The van der Waals surface area contributed by atoms with Crippen LogP contribution in [0.1, 0.15) is 23.2 Å². The highest BCUT2D eigenvalue weighted by molar-refractivity contribution is 6.19. The molecule has 0 unspecified atom stereocenters. The van der Waals surface area contributed by atoms with Gasteiger partial charge >= 0.3 is 0 Å². The van der Waals surface area contributed by atoms with E-state index in [0.29, 0.717) is 24.7 Å². The van der Waals surface area contributed by atoms with Crippen molar-refractivity contribution in [2.24, 2.45) is 0 Å². The Balaban J connectivity index is 2.07. The predicted octanol–water partition coefficient (Wildman–Crippen LogP) is 1.91. The molecule has 2 N–H and O–H groups in total. The van der Waals surface area contributed by atoms with Gasteiger partial charge in [0.1, 0.15) is 5.75 Å². The topological polar surface area (TPSA) is 58.6 Å². The molecule has 0 atom stereocenters. The number of hydrogen-bond donors (Lipinski definition) is 2. The standard InChI is InChI=1S/C13H16ClNO3/c14-9-13(5-7-18-8-6-13)15-12(17)10-1-3-11(16)4-2-10/h1-4,16H,5-9H2,(H,15,17). The zero-order valence-electron chi connectivity index (χ0n) is 9.99. The second kappa shape index (κ2) is 5.59. The van der Waals surface area contributed by atoms with Gasteiger partial charge in [0.2, 0.25) is 0 Å². The fraction of sp³-hybridized carbons (Fsp3) is 0.462. The fourth-order valence-electron chi connectivity index (χ4n) is 1.98. The maximum atomic E-state index is 12.1. The quantitative estimate of drug-likeness (QED) is 0.824. The van der Waals surface area contributed by atoms with Crippen molar-refractivity contribution >= 4 is 17.5 Å². The van der Waals surface area contributed by atoms with Gasteiger partial charge in [0.05, 0.1) is 5.54 Å². The Bertz CT molecular complexity index is 413. The number of hydrogen-bond acceptors (Lipinski definition) is 3. The number of carbonyl (C=O) groups excluding carboxylic acids is 1. The third kappa shape index (κ3) is 2.94. The van der Waals surface area contributed by atoms with Crippen molar-refractivity contribution in [3.05, 3.63) is 29.8 Å². The number of alkyl halides is 1. The lowest BCUT2D eigenvalue weighted by Crippen LogP contribution is -2.53. The van der Waals surface area contributed by atoms with Gasteiger partial charge in [0.15, 0.2) is 0 Å². The van der Waals surface area contributed by atoms with E-state index >= 15 is 0 Å². The molecule has 18 heavy (non-hydrogen) atoms. The van der Waals surface area contributed by atoms with Crippen LogP contribution in [0.2, 0.25) is 0 Å². The van der Waals surface area contributed by atoms with Gasteiger partial charge in [-0.15, -0.1) is 11.6 Å². The Labute approximate surface area is 111 Å². The molecule has 98 valence electrons. The van der Waals surface area contributed by atoms with Crippen LogP contribution < -0.4 is 5.32 Å². The molecule has 1 aliphatic rings. The molecule has 1 heterocycles. The molecule has 1 saturated heterocycles. The Hall–Kier alpha value is -1.26. The highest BCUT2D eigenvalue weighted by Gasteiger charge is 2.33. The molecular formula is C13H16ClNO3. The summed E-state index contributed by atoms with van der Waals surface area (Å²) in [5, 5.41) is 12.2. The van der Waals surface area contributed by atoms with Gasteiger partial charge < -0.3 is 15.2 Å². The van der Waals surface area contributed by atoms with Crippen molar-refractivity contribution in [2.45, 2.75) is 18.4 Å². The number of phenolic OH excluding ortho intramolecular Hbond substituents is 1. The average molecular weight is 270 g/mol. The van der Waals surface area contributed by atoms with Crippen LogP contribution in [0.4, 0.5) is 0 Å². The minimum Gasteiger partial charge on any atom is -0.508 e.